The summed E-state index contributed by atoms with van der Waals surface area (Å²) in [6.45, 7) is 0.197. The van der Waals surface area contributed by atoms with E-state index in [2.05, 4.69) is 20.8 Å². The van der Waals surface area contributed by atoms with Crippen molar-refractivity contribution in [3.05, 3.63) is 58.6 Å². The highest BCUT2D eigenvalue weighted by Crippen LogP contribution is 2.30. The van der Waals surface area contributed by atoms with Gasteiger partial charge in [-0.2, -0.15) is 4.31 Å². The number of nitrogens with one attached hydrogen (secondary N) is 2. The van der Waals surface area contributed by atoms with Crippen molar-refractivity contribution in [2.24, 2.45) is 5.92 Å². The third-order valence-electron chi connectivity index (χ3n) is 5.57. The molecule has 0 saturated carbocycles. The summed E-state index contributed by atoms with van der Waals surface area (Å²) < 4.78 is 32.8. The average Bonchev–Trinajstić information content (AvgIpc) is 3.32. The van der Waals surface area contributed by atoms with E-state index < -0.39 is 20.9 Å². The molecule has 1 aromatic heterocycles. The molecule has 34 heavy (non-hydrogen) atoms. The summed E-state index contributed by atoms with van der Waals surface area (Å²) in [6.07, 6.45) is 0.558. The number of hydrogen-bond acceptors (Lipinski definition) is 9. The molecule has 1 amide bonds. The number of rotatable bonds is 7. The minimum absolute atomic E-state index is 0.0316. The minimum Gasteiger partial charge on any atom is -0.403 e. The molecular weight excluding hydrogens is 464 g/mol. The lowest BCUT2D eigenvalue weighted by Gasteiger charge is -2.30. The summed E-state index contributed by atoms with van der Waals surface area (Å²) in [5, 5.41) is 24.3. The Morgan fingerprint density at radius 2 is 1.85 bits per heavy atom. The van der Waals surface area contributed by atoms with Crippen LogP contribution in [0.5, 0.6) is 0 Å². The zero-order chi connectivity index (χ0) is 24.3. The number of aromatic nitrogens is 2. The molecule has 1 fully saturated rings. The van der Waals surface area contributed by atoms with E-state index in [-0.39, 0.29) is 60.0 Å². The fourth-order valence-electron chi connectivity index (χ4n) is 3.72. The molecule has 12 nitrogen and oxygen atoms in total. The summed E-state index contributed by atoms with van der Waals surface area (Å²) >= 11 is 0. The molecule has 1 aliphatic heterocycles. The number of nitrogens with zero attached hydrogens (tertiary/aromatic N) is 4. The van der Waals surface area contributed by atoms with Crippen LogP contribution in [-0.4, -0.2) is 53.9 Å². The monoisotopic (exact) mass is 486 g/mol. The first kappa shape index (κ1) is 23.3. The number of benzene rings is 2. The fraction of sp³-hybridized carbons (Fsp3) is 0.286. The summed E-state index contributed by atoms with van der Waals surface area (Å²) in [4.78, 5) is 23.1. The van der Waals surface area contributed by atoms with Crippen molar-refractivity contribution in [3.63, 3.8) is 0 Å². The SMILES string of the molecule is CNc1ccc(S(=O)(=O)N2CCC(C(=O)Nc3nnc(-c4ccccc4)o3)CC2)cc1[N+](=O)[O-]. The number of amides is 1. The third-order valence-corrected chi connectivity index (χ3v) is 7.47. The zero-order valence-corrected chi connectivity index (χ0v) is 19.0. The zero-order valence-electron chi connectivity index (χ0n) is 18.2. The van der Waals surface area contributed by atoms with Gasteiger partial charge in [0.05, 0.1) is 9.82 Å². The highest BCUT2D eigenvalue weighted by molar-refractivity contribution is 7.89. The Morgan fingerprint density at radius 1 is 1.15 bits per heavy atom. The van der Waals surface area contributed by atoms with Gasteiger partial charge in [0, 0.05) is 37.7 Å². The molecule has 13 heteroatoms. The van der Waals surface area contributed by atoms with Crippen molar-refractivity contribution in [2.45, 2.75) is 17.7 Å². The quantitative estimate of drug-likeness (QED) is 0.378. The normalized spacial score (nSPS) is 15.1. The van der Waals surface area contributed by atoms with Crippen LogP contribution in [0.4, 0.5) is 17.4 Å². The van der Waals surface area contributed by atoms with Crippen molar-refractivity contribution < 1.29 is 22.6 Å². The standard InChI is InChI=1S/C21H22N6O6S/c1-22-17-8-7-16(13-18(17)27(29)30)34(31,32)26-11-9-14(10-12-26)19(28)23-21-25-24-20(33-21)15-5-3-2-4-6-15/h2-8,13-14,22H,9-12H2,1H3,(H,23,25,28). The Hall–Kier alpha value is -3.84. The van der Waals surface area contributed by atoms with E-state index in [1.54, 1.807) is 12.1 Å². The largest absolute Gasteiger partial charge is 0.403 e. The highest BCUT2D eigenvalue weighted by atomic mass is 32.2. The van der Waals surface area contributed by atoms with Crippen LogP contribution in [0.25, 0.3) is 11.5 Å². The average molecular weight is 487 g/mol. The van der Waals surface area contributed by atoms with Crippen molar-refractivity contribution >= 4 is 33.3 Å². The van der Waals surface area contributed by atoms with Crippen LogP contribution < -0.4 is 10.6 Å². The first-order chi connectivity index (χ1) is 16.3. The van der Waals surface area contributed by atoms with Gasteiger partial charge in [0.2, 0.25) is 21.8 Å². The maximum atomic E-state index is 13.0. The van der Waals surface area contributed by atoms with E-state index >= 15 is 0 Å². The van der Waals surface area contributed by atoms with Crippen molar-refractivity contribution in [3.8, 4) is 11.5 Å². The lowest BCUT2D eigenvalue weighted by Crippen LogP contribution is -2.41. The van der Waals surface area contributed by atoms with E-state index in [9.17, 15) is 23.3 Å². The molecule has 178 valence electrons. The van der Waals surface area contributed by atoms with Crippen LogP contribution in [0.2, 0.25) is 0 Å². The molecule has 4 rings (SSSR count). The first-order valence-corrected chi connectivity index (χ1v) is 11.9. The summed E-state index contributed by atoms with van der Waals surface area (Å²) in [5.41, 5.74) is 0.611. The van der Waals surface area contributed by atoms with Crippen LogP contribution in [-0.2, 0) is 14.8 Å². The topological polar surface area (TPSA) is 161 Å². The van der Waals surface area contributed by atoms with Crippen LogP contribution in [0.1, 0.15) is 12.8 Å². The number of sulfonamides is 1. The number of nitro groups is 1. The van der Waals surface area contributed by atoms with Gasteiger partial charge >= 0.3 is 6.01 Å². The van der Waals surface area contributed by atoms with Crippen molar-refractivity contribution in [1.29, 1.82) is 0 Å². The van der Waals surface area contributed by atoms with Crippen molar-refractivity contribution in [2.75, 3.05) is 30.8 Å². The Morgan fingerprint density at radius 3 is 2.50 bits per heavy atom. The van der Waals surface area contributed by atoms with E-state index in [0.717, 1.165) is 11.6 Å². The Bertz CT molecular complexity index is 1300. The molecule has 0 radical (unpaired) electrons. The molecule has 0 unspecified atom stereocenters. The van der Waals surface area contributed by atoms with Gasteiger partial charge in [-0.1, -0.05) is 23.3 Å². The van der Waals surface area contributed by atoms with Crippen LogP contribution >= 0.6 is 0 Å². The van der Waals surface area contributed by atoms with Gasteiger partial charge in [0.15, 0.2) is 0 Å². The second kappa shape index (κ2) is 9.57. The van der Waals surface area contributed by atoms with Gasteiger partial charge in [-0.05, 0) is 37.1 Å². The Labute approximate surface area is 195 Å². The number of anilines is 2. The predicted octanol–water partition coefficient (Wildman–Crippen LogP) is 2.73. The van der Waals surface area contributed by atoms with Crippen LogP contribution in [0.3, 0.4) is 0 Å². The highest BCUT2D eigenvalue weighted by Gasteiger charge is 2.33. The summed E-state index contributed by atoms with van der Waals surface area (Å²) in [7, 11) is -2.43. The molecule has 0 aliphatic carbocycles. The molecule has 0 atom stereocenters. The molecule has 1 saturated heterocycles. The maximum absolute atomic E-state index is 13.0. The molecule has 2 heterocycles. The fourth-order valence-corrected chi connectivity index (χ4v) is 5.21. The molecule has 1 aliphatic rings. The van der Waals surface area contributed by atoms with Crippen LogP contribution in [0.15, 0.2) is 57.8 Å². The lowest BCUT2D eigenvalue weighted by atomic mass is 9.97. The maximum Gasteiger partial charge on any atom is 0.322 e. The number of carbonyl (C=O) groups is 1. The first-order valence-electron chi connectivity index (χ1n) is 10.5. The van der Waals surface area contributed by atoms with E-state index in [1.807, 2.05) is 18.2 Å². The molecule has 2 aromatic carbocycles. The van der Waals surface area contributed by atoms with Gasteiger partial charge in [-0.15, -0.1) is 5.10 Å². The third kappa shape index (κ3) is 4.75. The summed E-state index contributed by atoms with van der Waals surface area (Å²) in [5.74, 6) is -0.510. The number of piperidine rings is 1. The Balaban J connectivity index is 1.39. The van der Waals surface area contributed by atoms with Gasteiger partial charge in [-0.3, -0.25) is 20.2 Å². The van der Waals surface area contributed by atoms with Crippen molar-refractivity contribution in [1.82, 2.24) is 14.5 Å². The number of nitro benzene ring substituents is 1. The number of hydrogen-bond donors (Lipinski definition) is 2. The second-order valence-corrected chi connectivity index (χ2v) is 9.57. The van der Waals surface area contributed by atoms with Gasteiger partial charge in [0.25, 0.3) is 5.69 Å². The smallest absolute Gasteiger partial charge is 0.322 e. The van der Waals surface area contributed by atoms with Crippen LogP contribution in [0, 0.1) is 16.0 Å². The molecule has 2 N–H and O–H groups in total. The Kier molecular flexibility index (Phi) is 6.56. The summed E-state index contributed by atoms with van der Waals surface area (Å²) in [6, 6.07) is 12.8. The van der Waals surface area contributed by atoms with Gasteiger partial charge in [0.1, 0.15) is 5.69 Å². The van der Waals surface area contributed by atoms with E-state index in [1.165, 1.54) is 23.5 Å². The van der Waals surface area contributed by atoms with E-state index in [0.29, 0.717) is 0 Å². The molecule has 3 aromatic rings. The molecule has 0 spiro atoms. The predicted molar refractivity (Wildman–Crippen MR) is 122 cm³/mol. The number of carbonyl (C=O) groups excluding carboxylic acids is 1. The van der Waals surface area contributed by atoms with Gasteiger partial charge in [-0.25, -0.2) is 8.42 Å². The van der Waals surface area contributed by atoms with Gasteiger partial charge < -0.3 is 9.73 Å². The molecule has 0 bridgehead atoms. The minimum atomic E-state index is -3.95. The lowest BCUT2D eigenvalue weighted by molar-refractivity contribution is -0.384. The van der Waals surface area contributed by atoms with E-state index in [4.69, 9.17) is 4.42 Å². The second-order valence-electron chi connectivity index (χ2n) is 7.63. The molecular formula is C21H22N6O6S.